The number of fused-ring (bicyclic) bond motifs is 3. The Balaban J connectivity index is 1.70. The van der Waals surface area contributed by atoms with Crippen molar-refractivity contribution in [3.63, 3.8) is 0 Å². The minimum Gasteiger partial charge on any atom is -0.506 e. The average molecular weight is 610 g/mol. The van der Waals surface area contributed by atoms with Gasteiger partial charge in [0.2, 0.25) is 5.91 Å². The Morgan fingerprint density at radius 1 is 1.05 bits per heavy atom. The molecule has 7 N–H and O–H groups in total. The average Bonchev–Trinajstić information content (AvgIpc) is 2.90. The lowest BCUT2D eigenvalue weighted by Gasteiger charge is -2.66. The fraction of sp³-hybridized carbons (Fsp3) is 0.686. The molecule has 44 heavy (non-hydrogen) atoms. The third-order valence-electron chi connectivity index (χ3n) is 11.5. The zero-order valence-corrected chi connectivity index (χ0v) is 26.6. The van der Waals surface area contributed by atoms with Crippen LogP contribution in [0.2, 0.25) is 0 Å². The zero-order valence-electron chi connectivity index (χ0n) is 26.6. The Morgan fingerprint density at radius 3 is 2.20 bits per heavy atom. The van der Waals surface area contributed by atoms with Crippen LogP contribution in [0.3, 0.4) is 0 Å². The molecule has 240 valence electrons. The number of carbonyl (C=O) groups excluding carboxylic acids is 3. The summed E-state index contributed by atoms with van der Waals surface area (Å²) in [6.45, 7) is 11.1. The van der Waals surface area contributed by atoms with Crippen LogP contribution in [0.15, 0.2) is 6.07 Å². The summed E-state index contributed by atoms with van der Waals surface area (Å²) in [5.74, 6) is -1.51. The van der Waals surface area contributed by atoms with E-state index in [9.17, 15) is 39.9 Å². The molecule has 8 atom stereocenters. The SMILES string of the molecule is CC(C)c1cc(C#CC2(O)CCCCC2)c(O)c2c1C[C@]1(C)C[C@]3(C)[C@@H](C(C)C)C(O)[C@@H](C(N)=O)C(=O)[C@]3(O)C(O)[C@H]1C2=O. The molecule has 0 aliphatic heterocycles. The number of primary amides is 1. The van der Waals surface area contributed by atoms with E-state index in [1.54, 1.807) is 13.0 Å². The summed E-state index contributed by atoms with van der Waals surface area (Å²) in [4.78, 5) is 40.9. The van der Waals surface area contributed by atoms with E-state index in [2.05, 4.69) is 11.8 Å². The fourth-order valence-electron chi connectivity index (χ4n) is 9.68. The van der Waals surface area contributed by atoms with Gasteiger partial charge in [0.15, 0.2) is 17.2 Å². The molecule has 1 aromatic carbocycles. The summed E-state index contributed by atoms with van der Waals surface area (Å²) in [5.41, 5.74) is 1.07. The number of benzene rings is 1. The molecule has 0 spiro atoms. The molecule has 0 heterocycles. The van der Waals surface area contributed by atoms with Crippen LogP contribution in [-0.2, 0) is 16.0 Å². The number of phenols is 1. The van der Waals surface area contributed by atoms with Crippen molar-refractivity contribution in [1.82, 2.24) is 0 Å². The van der Waals surface area contributed by atoms with Crippen molar-refractivity contribution in [2.75, 3.05) is 0 Å². The molecule has 2 unspecified atom stereocenters. The second kappa shape index (κ2) is 10.7. The van der Waals surface area contributed by atoms with E-state index < -0.39 is 69.5 Å². The van der Waals surface area contributed by atoms with E-state index in [-0.39, 0.29) is 41.6 Å². The lowest BCUT2D eigenvalue weighted by atomic mass is 9.39. The van der Waals surface area contributed by atoms with Crippen molar-refractivity contribution in [2.45, 2.75) is 116 Å². The Kier molecular flexibility index (Phi) is 7.90. The van der Waals surface area contributed by atoms with E-state index in [0.717, 1.165) is 24.8 Å². The molecular weight excluding hydrogens is 562 g/mol. The maximum absolute atomic E-state index is 14.5. The van der Waals surface area contributed by atoms with Crippen molar-refractivity contribution in [1.29, 1.82) is 0 Å². The molecule has 0 aromatic heterocycles. The lowest BCUT2D eigenvalue weighted by Crippen LogP contribution is -2.79. The van der Waals surface area contributed by atoms with Gasteiger partial charge in [-0.05, 0) is 78.9 Å². The second-order valence-corrected chi connectivity index (χ2v) is 15.2. The standard InChI is InChI=1S/C35H47NO8/c1-17(2)20-14-19(10-13-34(43)11-8-7-9-12-34)26(37)22-21(20)15-32(5)16-33(6)24(18(3)4)28(39)23(31(36)42)29(40)35(33,44)30(41)25(32)27(22)38/h14,17-18,23-25,28,30,37,39,41,43-44H,7-9,11-12,15-16H2,1-6H3,(H2,36,42)/t23-,24+,25-,28?,30?,32-,33-,35+/m1/s1. The molecule has 3 fully saturated rings. The second-order valence-electron chi connectivity index (χ2n) is 15.2. The molecular formula is C35H47NO8. The number of rotatable bonds is 3. The van der Waals surface area contributed by atoms with Crippen molar-refractivity contribution in [2.24, 2.45) is 40.2 Å². The number of carbonyl (C=O) groups is 3. The van der Waals surface area contributed by atoms with E-state index in [1.165, 1.54) is 0 Å². The number of Topliss-reactive ketones (excluding diaryl/α,β-unsaturated/α-hetero) is 2. The van der Waals surface area contributed by atoms with Crippen LogP contribution in [0.1, 0.15) is 113 Å². The maximum Gasteiger partial charge on any atom is 0.230 e. The highest BCUT2D eigenvalue weighted by atomic mass is 16.4. The highest BCUT2D eigenvalue weighted by Crippen LogP contribution is 2.66. The minimum atomic E-state index is -2.56. The smallest absolute Gasteiger partial charge is 0.230 e. The Hall–Kier alpha value is -2.77. The molecule has 4 aliphatic rings. The minimum absolute atomic E-state index is 0.0000148. The van der Waals surface area contributed by atoms with Crippen LogP contribution in [0.4, 0.5) is 0 Å². The van der Waals surface area contributed by atoms with E-state index in [0.29, 0.717) is 18.4 Å². The van der Waals surface area contributed by atoms with Crippen molar-refractivity contribution in [3.05, 3.63) is 28.3 Å². The molecule has 0 saturated heterocycles. The first kappa shape index (κ1) is 32.6. The summed E-state index contributed by atoms with van der Waals surface area (Å²) in [6.07, 6.45) is 0.711. The number of aromatic hydroxyl groups is 1. The summed E-state index contributed by atoms with van der Waals surface area (Å²) in [7, 11) is 0. The van der Waals surface area contributed by atoms with Crippen LogP contribution < -0.4 is 5.73 Å². The van der Waals surface area contributed by atoms with Crippen LogP contribution >= 0.6 is 0 Å². The van der Waals surface area contributed by atoms with Gasteiger partial charge in [-0.15, -0.1) is 0 Å². The largest absolute Gasteiger partial charge is 0.506 e. The Labute approximate surface area is 259 Å². The first-order valence-electron chi connectivity index (χ1n) is 16.0. The van der Waals surface area contributed by atoms with Crippen LogP contribution in [0, 0.1) is 46.3 Å². The van der Waals surface area contributed by atoms with Gasteiger partial charge in [-0.2, -0.15) is 0 Å². The van der Waals surface area contributed by atoms with Gasteiger partial charge in [-0.1, -0.05) is 59.8 Å². The molecule has 3 saturated carbocycles. The van der Waals surface area contributed by atoms with E-state index >= 15 is 0 Å². The predicted molar refractivity (Wildman–Crippen MR) is 162 cm³/mol. The molecule has 1 amide bonds. The number of aliphatic hydroxyl groups excluding tert-OH is 2. The van der Waals surface area contributed by atoms with Gasteiger partial charge in [-0.3, -0.25) is 14.4 Å². The predicted octanol–water partition coefficient (Wildman–Crippen LogP) is 2.74. The zero-order chi connectivity index (χ0) is 32.7. The maximum atomic E-state index is 14.5. The van der Waals surface area contributed by atoms with Gasteiger partial charge in [0.25, 0.3) is 0 Å². The third-order valence-corrected chi connectivity index (χ3v) is 11.5. The molecule has 9 nitrogen and oxygen atoms in total. The lowest BCUT2D eigenvalue weighted by molar-refractivity contribution is -0.265. The first-order chi connectivity index (χ1) is 20.3. The summed E-state index contributed by atoms with van der Waals surface area (Å²) >= 11 is 0. The number of phenolic OH excluding ortho intramolecular Hbond substituents is 1. The van der Waals surface area contributed by atoms with Crippen LogP contribution in [0.25, 0.3) is 0 Å². The van der Waals surface area contributed by atoms with Gasteiger partial charge in [0.1, 0.15) is 23.4 Å². The summed E-state index contributed by atoms with van der Waals surface area (Å²) in [5, 5.41) is 58.2. The number of nitrogens with two attached hydrogens (primary N) is 1. The monoisotopic (exact) mass is 609 g/mol. The van der Waals surface area contributed by atoms with Crippen molar-refractivity contribution in [3.8, 4) is 17.6 Å². The highest BCUT2D eigenvalue weighted by Gasteiger charge is 2.76. The van der Waals surface area contributed by atoms with E-state index in [1.807, 2.05) is 34.6 Å². The summed E-state index contributed by atoms with van der Waals surface area (Å²) < 4.78 is 0. The van der Waals surface area contributed by atoms with Gasteiger partial charge >= 0.3 is 0 Å². The number of hydrogen-bond acceptors (Lipinski definition) is 8. The number of aliphatic hydroxyl groups is 4. The van der Waals surface area contributed by atoms with Crippen LogP contribution in [0.5, 0.6) is 5.75 Å². The topological polar surface area (TPSA) is 178 Å². The van der Waals surface area contributed by atoms with E-state index in [4.69, 9.17) is 5.73 Å². The molecule has 0 bridgehead atoms. The number of hydrogen-bond donors (Lipinski definition) is 6. The van der Waals surface area contributed by atoms with Crippen LogP contribution in [-0.4, -0.2) is 66.4 Å². The van der Waals surface area contributed by atoms with Crippen molar-refractivity contribution < 1.29 is 39.9 Å². The van der Waals surface area contributed by atoms with Gasteiger partial charge < -0.3 is 31.3 Å². The fourth-order valence-corrected chi connectivity index (χ4v) is 9.68. The summed E-state index contributed by atoms with van der Waals surface area (Å²) in [6, 6.07) is 1.77. The highest BCUT2D eigenvalue weighted by molar-refractivity contribution is 6.09. The molecule has 5 rings (SSSR count). The first-order valence-corrected chi connectivity index (χ1v) is 16.0. The molecule has 0 radical (unpaired) electrons. The Morgan fingerprint density at radius 2 is 1.66 bits per heavy atom. The van der Waals surface area contributed by atoms with Gasteiger partial charge in [-0.25, -0.2) is 0 Å². The van der Waals surface area contributed by atoms with Gasteiger partial charge in [0, 0.05) is 5.41 Å². The molecule has 4 aliphatic carbocycles. The number of amides is 1. The van der Waals surface area contributed by atoms with Gasteiger partial charge in [0.05, 0.1) is 23.1 Å². The van der Waals surface area contributed by atoms with Crippen molar-refractivity contribution >= 4 is 17.5 Å². The molecule has 1 aromatic rings. The quantitative estimate of drug-likeness (QED) is 0.224. The molecule has 9 heteroatoms. The number of ketones is 2. The normalized spacial score (nSPS) is 38.0. The Bertz CT molecular complexity index is 1460. The third kappa shape index (κ3) is 4.47.